The van der Waals surface area contributed by atoms with Crippen LogP contribution in [0.4, 0.5) is 0 Å². The van der Waals surface area contributed by atoms with Gasteiger partial charge in [0.05, 0.1) is 12.0 Å². The third-order valence-corrected chi connectivity index (χ3v) is 5.84. The predicted molar refractivity (Wildman–Crippen MR) is 95.5 cm³/mol. The molecule has 0 unspecified atom stereocenters. The van der Waals surface area contributed by atoms with E-state index in [0.29, 0.717) is 20.4 Å². The Bertz CT molecular complexity index is 781. The van der Waals surface area contributed by atoms with E-state index in [9.17, 15) is 8.42 Å². The van der Waals surface area contributed by atoms with Crippen LogP contribution in [0, 0.1) is 0 Å². The van der Waals surface area contributed by atoms with Gasteiger partial charge in [-0.3, -0.25) is 0 Å². The minimum atomic E-state index is -3.61. The average molecular weight is 465 g/mol. The van der Waals surface area contributed by atoms with Crippen molar-refractivity contribution < 1.29 is 17.9 Å². The van der Waals surface area contributed by atoms with E-state index in [-0.39, 0.29) is 18.0 Å². The van der Waals surface area contributed by atoms with Crippen molar-refractivity contribution in [3.05, 3.63) is 51.4 Å². The molecule has 2 aromatic carbocycles. The van der Waals surface area contributed by atoms with Crippen molar-refractivity contribution in [1.82, 2.24) is 4.72 Å². The summed E-state index contributed by atoms with van der Waals surface area (Å²) < 4.78 is 38.9. The van der Waals surface area contributed by atoms with Crippen molar-refractivity contribution in [2.45, 2.75) is 4.90 Å². The zero-order chi connectivity index (χ0) is 16.9. The van der Waals surface area contributed by atoms with Crippen molar-refractivity contribution in [1.29, 1.82) is 0 Å². The molecular formula is C15H15Br2NO4S. The van der Waals surface area contributed by atoms with Gasteiger partial charge in [0.2, 0.25) is 10.0 Å². The lowest BCUT2D eigenvalue weighted by molar-refractivity contribution is 0.320. The second-order valence-electron chi connectivity index (χ2n) is 4.50. The lowest BCUT2D eigenvalue weighted by Gasteiger charge is -2.10. The van der Waals surface area contributed by atoms with Gasteiger partial charge in [-0.2, -0.15) is 0 Å². The summed E-state index contributed by atoms with van der Waals surface area (Å²) in [4.78, 5) is 0.174. The van der Waals surface area contributed by atoms with Gasteiger partial charge in [0.15, 0.2) is 0 Å². The summed E-state index contributed by atoms with van der Waals surface area (Å²) in [7, 11) is -2.04. The Hall–Kier alpha value is -1.09. The molecule has 23 heavy (non-hydrogen) atoms. The molecule has 0 atom stereocenters. The molecule has 0 aliphatic heterocycles. The molecule has 0 spiro atoms. The highest BCUT2D eigenvalue weighted by Crippen LogP contribution is 2.25. The summed E-state index contributed by atoms with van der Waals surface area (Å²) in [5.74, 6) is 1.30. The molecule has 0 fully saturated rings. The Balaban J connectivity index is 1.93. The highest BCUT2D eigenvalue weighted by molar-refractivity contribution is 9.11. The van der Waals surface area contributed by atoms with Crippen molar-refractivity contribution in [3.63, 3.8) is 0 Å². The minimum Gasteiger partial charge on any atom is -0.497 e. The van der Waals surface area contributed by atoms with Gasteiger partial charge in [0, 0.05) is 21.6 Å². The summed E-state index contributed by atoms with van der Waals surface area (Å²) >= 11 is 6.51. The molecule has 0 saturated carbocycles. The van der Waals surface area contributed by atoms with Gasteiger partial charge >= 0.3 is 0 Å². The maximum Gasteiger partial charge on any atom is 0.241 e. The molecular weight excluding hydrogens is 450 g/mol. The van der Waals surface area contributed by atoms with Crippen LogP contribution in [0.25, 0.3) is 0 Å². The Morgan fingerprint density at radius 1 is 1.09 bits per heavy atom. The molecule has 0 aliphatic rings. The van der Waals surface area contributed by atoms with Crippen molar-refractivity contribution in [2.24, 2.45) is 0 Å². The summed E-state index contributed by atoms with van der Waals surface area (Å²) in [6, 6.07) is 12.1. The molecule has 124 valence electrons. The first-order chi connectivity index (χ1) is 10.9. The van der Waals surface area contributed by atoms with Gasteiger partial charge in [0.25, 0.3) is 0 Å². The standard InChI is InChI=1S/C15H15Br2NO4S/c1-21-12-3-2-4-13(10-12)22-8-7-18-23(19,20)15-9-11(16)5-6-14(15)17/h2-6,9-10,18H,7-8H2,1H3. The van der Waals surface area contributed by atoms with Crippen molar-refractivity contribution >= 4 is 41.9 Å². The number of ether oxygens (including phenoxy) is 2. The molecule has 2 rings (SSSR count). The zero-order valence-electron chi connectivity index (χ0n) is 12.3. The van der Waals surface area contributed by atoms with Crippen LogP contribution >= 0.6 is 31.9 Å². The molecule has 0 saturated heterocycles. The van der Waals surface area contributed by atoms with Crippen LogP contribution in [0.2, 0.25) is 0 Å². The molecule has 0 aliphatic carbocycles. The van der Waals surface area contributed by atoms with E-state index in [1.807, 2.05) is 0 Å². The largest absolute Gasteiger partial charge is 0.497 e. The normalized spacial score (nSPS) is 11.3. The number of rotatable bonds is 7. The first-order valence-corrected chi connectivity index (χ1v) is 9.71. The monoisotopic (exact) mass is 463 g/mol. The molecule has 1 N–H and O–H groups in total. The molecule has 0 bridgehead atoms. The summed E-state index contributed by atoms with van der Waals surface area (Å²) in [6.07, 6.45) is 0. The van der Waals surface area contributed by atoms with E-state index in [2.05, 4.69) is 36.6 Å². The van der Waals surface area contributed by atoms with Gasteiger partial charge < -0.3 is 9.47 Å². The Morgan fingerprint density at radius 2 is 1.83 bits per heavy atom. The van der Waals surface area contributed by atoms with Crippen LogP contribution in [0.15, 0.2) is 56.3 Å². The van der Waals surface area contributed by atoms with Crippen LogP contribution in [0.3, 0.4) is 0 Å². The van der Waals surface area contributed by atoms with Gasteiger partial charge in [0.1, 0.15) is 18.1 Å². The zero-order valence-corrected chi connectivity index (χ0v) is 16.2. The second kappa shape index (κ2) is 8.14. The maximum atomic E-state index is 12.3. The van der Waals surface area contributed by atoms with E-state index in [1.165, 1.54) is 6.07 Å². The number of halogens is 2. The highest BCUT2D eigenvalue weighted by atomic mass is 79.9. The fourth-order valence-electron chi connectivity index (χ4n) is 1.80. The minimum absolute atomic E-state index is 0.151. The van der Waals surface area contributed by atoms with E-state index >= 15 is 0 Å². The SMILES string of the molecule is COc1cccc(OCCNS(=O)(=O)c2cc(Br)ccc2Br)c1. The van der Waals surface area contributed by atoms with Crippen molar-refractivity contribution in [3.8, 4) is 11.5 Å². The first-order valence-electron chi connectivity index (χ1n) is 6.64. The molecule has 0 amide bonds. The smallest absolute Gasteiger partial charge is 0.241 e. The van der Waals surface area contributed by atoms with E-state index < -0.39 is 10.0 Å². The van der Waals surface area contributed by atoms with E-state index in [1.54, 1.807) is 43.5 Å². The van der Waals surface area contributed by atoms with Gasteiger partial charge in [-0.25, -0.2) is 13.1 Å². The lowest BCUT2D eigenvalue weighted by atomic mass is 10.3. The summed E-state index contributed by atoms with van der Waals surface area (Å²) in [5.41, 5.74) is 0. The third kappa shape index (κ3) is 5.20. The van der Waals surface area contributed by atoms with Gasteiger partial charge in [-0.1, -0.05) is 22.0 Å². The average Bonchev–Trinajstić information content (AvgIpc) is 2.54. The maximum absolute atomic E-state index is 12.3. The molecule has 8 heteroatoms. The quantitative estimate of drug-likeness (QED) is 0.636. The topological polar surface area (TPSA) is 64.6 Å². The van der Waals surface area contributed by atoms with Crippen LogP contribution in [0.5, 0.6) is 11.5 Å². The molecule has 5 nitrogen and oxygen atoms in total. The number of hydrogen-bond acceptors (Lipinski definition) is 4. The van der Waals surface area contributed by atoms with Crippen LogP contribution in [0.1, 0.15) is 0 Å². The number of nitrogens with one attached hydrogen (secondary N) is 1. The Morgan fingerprint density at radius 3 is 2.57 bits per heavy atom. The fourth-order valence-corrected chi connectivity index (χ4v) is 4.31. The third-order valence-electron chi connectivity index (χ3n) is 2.89. The fraction of sp³-hybridized carbons (Fsp3) is 0.200. The number of benzene rings is 2. The number of sulfonamides is 1. The lowest BCUT2D eigenvalue weighted by Crippen LogP contribution is -2.28. The Kier molecular flexibility index (Phi) is 6.46. The number of hydrogen-bond donors (Lipinski definition) is 1. The van der Waals surface area contributed by atoms with Crippen LogP contribution in [-0.4, -0.2) is 28.7 Å². The Labute approximate surface area is 152 Å². The molecule has 0 aromatic heterocycles. The molecule has 0 heterocycles. The number of methoxy groups -OCH3 is 1. The van der Waals surface area contributed by atoms with Crippen molar-refractivity contribution in [2.75, 3.05) is 20.3 Å². The van der Waals surface area contributed by atoms with E-state index in [0.717, 1.165) is 0 Å². The van der Waals surface area contributed by atoms with Gasteiger partial charge in [-0.15, -0.1) is 0 Å². The molecule has 0 radical (unpaired) electrons. The molecule has 2 aromatic rings. The van der Waals surface area contributed by atoms with E-state index in [4.69, 9.17) is 9.47 Å². The van der Waals surface area contributed by atoms with Gasteiger partial charge in [-0.05, 0) is 46.3 Å². The summed E-state index contributed by atoms with van der Waals surface area (Å²) in [5, 5.41) is 0. The van der Waals surface area contributed by atoms with Crippen LogP contribution in [-0.2, 0) is 10.0 Å². The first kappa shape index (κ1) is 18.3. The van der Waals surface area contributed by atoms with Crippen LogP contribution < -0.4 is 14.2 Å². The summed E-state index contributed by atoms with van der Waals surface area (Å²) in [6.45, 7) is 0.358. The highest BCUT2D eigenvalue weighted by Gasteiger charge is 2.17. The second-order valence-corrected chi connectivity index (χ2v) is 8.01. The predicted octanol–water partition coefficient (Wildman–Crippen LogP) is 3.58.